The summed E-state index contributed by atoms with van der Waals surface area (Å²) in [7, 11) is 0. The van der Waals surface area contributed by atoms with Crippen molar-refractivity contribution in [3.63, 3.8) is 0 Å². The molecular weight excluding hydrogens is 322 g/mol. The lowest BCUT2D eigenvalue weighted by Crippen LogP contribution is -2.23. The summed E-state index contributed by atoms with van der Waals surface area (Å²) < 4.78 is 0. The number of nitrogens with zero attached hydrogens (tertiary/aromatic N) is 1. The molecule has 24 heavy (non-hydrogen) atoms. The summed E-state index contributed by atoms with van der Waals surface area (Å²) in [6.07, 6.45) is 0. The Morgan fingerprint density at radius 2 is 1.88 bits per heavy atom. The van der Waals surface area contributed by atoms with E-state index in [-0.39, 0.29) is 12.5 Å². The van der Waals surface area contributed by atoms with Gasteiger partial charge >= 0.3 is 0 Å². The van der Waals surface area contributed by atoms with Crippen molar-refractivity contribution in [2.24, 2.45) is 0 Å². The third kappa shape index (κ3) is 3.83. The molecule has 3 rings (SSSR count). The van der Waals surface area contributed by atoms with E-state index in [0.717, 1.165) is 16.8 Å². The molecule has 5 heteroatoms. The van der Waals surface area contributed by atoms with E-state index in [2.05, 4.69) is 27.4 Å². The summed E-state index contributed by atoms with van der Waals surface area (Å²) in [6.45, 7) is 0.226. The smallest absolute Gasteiger partial charge is 0.270 e. The highest BCUT2D eigenvalue weighted by molar-refractivity contribution is 6.31. The van der Waals surface area contributed by atoms with Crippen molar-refractivity contribution in [2.45, 2.75) is 0 Å². The van der Waals surface area contributed by atoms with Crippen molar-refractivity contribution in [2.75, 3.05) is 6.54 Å². The maximum atomic E-state index is 12.1. The number of carbonyl (C=O) groups excluding carboxylic acids is 1. The first-order valence-corrected chi connectivity index (χ1v) is 7.74. The standard InChI is InChI=1S/C19H14ClN3O/c20-16-11-5-4-7-14(16)10-6-12-21-19(24)18-13-17(22-23-18)15-8-2-1-3-9-15/h1-5,7-9,11,13H,12H2,(H,21,24)(H,22,23). The number of aromatic nitrogens is 2. The number of rotatable bonds is 3. The number of hydrogen-bond acceptors (Lipinski definition) is 2. The second-order valence-corrected chi connectivity index (χ2v) is 5.40. The lowest BCUT2D eigenvalue weighted by molar-refractivity contribution is 0.0953. The summed E-state index contributed by atoms with van der Waals surface area (Å²) >= 11 is 6.02. The van der Waals surface area contributed by atoms with Gasteiger partial charge in [0.2, 0.25) is 0 Å². The average molecular weight is 336 g/mol. The van der Waals surface area contributed by atoms with Gasteiger partial charge in [0.05, 0.1) is 17.3 Å². The highest BCUT2D eigenvalue weighted by Crippen LogP contribution is 2.16. The van der Waals surface area contributed by atoms with Crippen LogP contribution in [0.3, 0.4) is 0 Å². The van der Waals surface area contributed by atoms with E-state index in [1.54, 1.807) is 12.1 Å². The van der Waals surface area contributed by atoms with Crippen molar-refractivity contribution in [1.29, 1.82) is 0 Å². The van der Waals surface area contributed by atoms with E-state index >= 15 is 0 Å². The Kier molecular flexibility index (Phi) is 4.95. The summed E-state index contributed by atoms with van der Waals surface area (Å²) in [6, 6.07) is 18.7. The van der Waals surface area contributed by atoms with Crippen LogP contribution in [0.2, 0.25) is 5.02 Å². The van der Waals surface area contributed by atoms with E-state index < -0.39 is 0 Å². The zero-order valence-electron chi connectivity index (χ0n) is 12.7. The van der Waals surface area contributed by atoms with Crippen molar-refractivity contribution in [3.05, 3.63) is 76.9 Å². The number of benzene rings is 2. The van der Waals surface area contributed by atoms with Gasteiger partial charge in [-0.15, -0.1) is 0 Å². The van der Waals surface area contributed by atoms with E-state index in [4.69, 9.17) is 11.6 Å². The molecule has 1 aromatic heterocycles. The first-order valence-electron chi connectivity index (χ1n) is 7.36. The minimum absolute atomic E-state index is 0.226. The lowest BCUT2D eigenvalue weighted by atomic mass is 10.1. The second kappa shape index (κ2) is 7.49. The van der Waals surface area contributed by atoms with Gasteiger partial charge in [-0.1, -0.05) is 65.9 Å². The van der Waals surface area contributed by atoms with Crippen LogP contribution in [0.5, 0.6) is 0 Å². The van der Waals surface area contributed by atoms with Crippen LogP contribution in [-0.2, 0) is 0 Å². The Labute approximate surface area is 144 Å². The zero-order valence-corrected chi connectivity index (χ0v) is 13.5. The Hall–Kier alpha value is -3.03. The Balaban J connectivity index is 1.61. The van der Waals surface area contributed by atoms with Gasteiger partial charge in [-0.25, -0.2) is 0 Å². The Morgan fingerprint density at radius 1 is 1.12 bits per heavy atom. The molecule has 1 heterocycles. The predicted molar refractivity (Wildman–Crippen MR) is 94.7 cm³/mol. The van der Waals surface area contributed by atoms with Gasteiger partial charge in [0, 0.05) is 11.1 Å². The lowest BCUT2D eigenvalue weighted by Gasteiger charge is -1.97. The number of hydrogen-bond donors (Lipinski definition) is 2. The summed E-state index contributed by atoms with van der Waals surface area (Å²) in [4.78, 5) is 12.1. The van der Waals surface area contributed by atoms with Crippen LogP contribution >= 0.6 is 11.6 Å². The first kappa shape index (κ1) is 15.9. The molecule has 2 aromatic carbocycles. The average Bonchev–Trinajstić information content (AvgIpc) is 3.11. The third-order valence-electron chi connectivity index (χ3n) is 3.33. The fraction of sp³-hybridized carbons (Fsp3) is 0.0526. The maximum Gasteiger partial charge on any atom is 0.270 e. The first-order chi connectivity index (χ1) is 11.7. The molecule has 0 fully saturated rings. The molecular formula is C19H14ClN3O. The summed E-state index contributed by atoms with van der Waals surface area (Å²) in [5.74, 6) is 5.56. The Bertz CT molecular complexity index is 907. The number of nitrogens with one attached hydrogen (secondary N) is 2. The molecule has 0 saturated heterocycles. The van der Waals surface area contributed by atoms with Crippen molar-refractivity contribution in [1.82, 2.24) is 15.5 Å². The molecule has 0 spiro atoms. The van der Waals surface area contributed by atoms with Crippen LogP contribution in [0.1, 0.15) is 16.1 Å². The molecule has 3 aromatic rings. The number of H-pyrrole nitrogens is 1. The third-order valence-corrected chi connectivity index (χ3v) is 3.66. The van der Waals surface area contributed by atoms with Crippen LogP contribution in [0.25, 0.3) is 11.3 Å². The fourth-order valence-electron chi connectivity index (χ4n) is 2.12. The maximum absolute atomic E-state index is 12.1. The molecule has 2 N–H and O–H groups in total. The summed E-state index contributed by atoms with van der Waals surface area (Å²) in [5.41, 5.74) is 2.81. The van der Waals surface area contributed by atoms with Crippen LogP contribution in [-0.4, -0.2) is 22.6 Å². The number of carbonyl (C=O) groups is 1. The fourth-order valence-corrected chi connectivity index (χ4v) is 2.30. The van der Waals surface area contributed by atoms with E-state index in [0.29, 0.717) is 10.7 Å². The van der Waals surface area contributed by atoms with Gasteiger partial charge in [0.1, 0.15) is 5.69 Å². The van der Waals surface area contributed by atoms with Gasteiger partial charge in [0.15, 0.2) is 0 Å². The quantitative estimate of drug-likeness (QED) is 0.720. The van der Waals surface area contributed by atoms with Crippen molar-refractivity contribution < 1.29 is 4.79 Å². The minimum Gasteiger partial charge on any atom is -0.340 e. The normalized spacial score (nSPS) is 9.88. The van der Waals surface area contributed by atoms with Crippen molar-refractivity contribution >= 4 is 17.5 Å². The Morgan fingerprint density at radius 3 is 2.67 bits per heavy atom. The van der Waals surface area contributed by atoms with Gasteiger partial charge in [-0.3, -0.25) is 9.89 Å². The molecule has 0 radical (unpaired) electrons. The molecule has 0 bridgehead atoms. The zero-order chi connectivity index (χ0) is 16.8. The molecule has 0 saturated carbocycles. The molecule has 0 aliphatic carbocycles. The van der Waals surface area contributed by atoms with E-state index in [1.807, 2.05) is 48.5 Å². The molecule has 0 atom stereocenters. The SMILES string of the molecule is O=C(NCC#Cc1ccccc1Cl)c1cc(-c2ccccc2)n[nH]1. The molecule has 1 amide bonds. The molecule has 0 unspecified atom stereocenters. The van der Waals surface area contributed by atoms with Gasteiger partial charge in [-0.05, 0) is 18.2 Å². The number of halogens is 1. The van der Waals surface area contributed by atoms with Crippen LogP contribution < -0.4 is 5.32 Å². The van der Waals surface area contributed by atoms with Gasteiger partial charge in [-0.2, -0.15) is 5.10 Å². The second-order valence-electron chi connectivity index (χ2n) is 5.00. The molecule has 4 nitrogen and oxygen atoms in total. The highest BCUT2D eigenvalue weighted by atomic mass is 35.5. The molecule has 0 aliphatic rings. The van der Waals surface area contributed by atoms with Gasteiger partial charge in [0.25, 0.3) is 5.91 Å². The minimum atomic E-state index is -0.252. The van der Waals surface area contributed by atoms with Gasteiger partial charge < -0.3 is 5.32 Å². The van der Waals surface area contributed by atoms with Crippen LogP contribution in [0.4, 0.5) is 0 Å². The predicted octanol–water partition coefficient (Wildman–Crippen LogP) is 3.51. The largest absolute Gasteiger partial charge is 0.340 e. The molecule has 118 valence electrons. The number of aromatic amines is 1. The van der Waals surface area contributed by atoms with Crippen molar-refractivity contribution in [3.8, 4) is 23.1 Å². The summed E-state index contributed by atoms with van der Waals surface area (Å²) in [5, 5.41) is 10.2. The van der Waals surface area contributed by atoms with Crippen LogP contribution in [0, 0.1) is 11.8 Å². The monoisotopic (exact) mass is 335 g/mol. The highest BCUT2D eigenvalue weighted by Gasteiger charge is 2.09. The molecule has 0 aliphatic heterocycles. The van der Waals surface area contributed by atoms with E-state index in [1.165, 1.54) is 0 Å². The van der Waals surface area contributed by atoms with Crippen LogP contribution in [0.15, 0.2) is 60.7 Å². The topological polar surface area (TPSA) is 57.8 Å². The van der Waals surface area contributed by atoms with E-state index in [9.17, 15) is 4.79 Å². The number of amides is 1.